The third-order valence-corrected chi connectivity index (χ3v) is 4.93. The Labute approximate surface area is 137 Å². The molecule has 2 aromatic rings. The van der Waals surface area contributed by atoms with Crippen molar-refractivity contribution in [1.29, 1.82) is 0 Å². The molecule has 0 spiro atoms. The molecule has 0 radical (unpaired) electrons. The van der Waals surface area contributed by atoms with Gasteiger partial charge in [0.1, 0.15) is 5.82 Å². The average Bonchev–Trinajstić information content (AvgIpc) is 2.45. The molecule has 1 unspecified atom stereocenters. The molecule has 1 N–H and O–H groups in total. The molecule has 1 atom stereocenters. The summed E-state index contributed by atoms with van der Waals surface area (Å²) in [6.45, 7) is 0. The Kier molecular flexibility index (Phi) is 6.32. The van der Waals surface area contributed by atoms with Crippen molar-refractivity contribution in [3.05, 3.63) is 63.5 Å². The van der Waals surface area contributed by atoms with E-state index in [-0.39, 0.29) is 5.82 Å². The molecule has 0 saturated heterocycles. The minimum Gasteiger partial charge on any atom is -0.316 e. The topological polar surface area (TPSA) is 12.0 Å². The zero-order chi connectivity index (χ0) is 14.4. The Morgan fingerprint density at radius 1 is 1.20 bits per heavy atom. The third kappa shape index (κ3) is 5.07. The molecule has 0 saturated carbocycles. The number of likely N-dealkylation sites (N-methyl/N-ethyl adjacent to an activating group) is 1. The molecule has 4 heteroatoms. The summed E-state index contributed by atoms with van der Waals surface area (Å²) < 4.78 is 14.4. The highest BCUT2D eigenvalue weighted by Crippen LogP contribution is 2.20. The second-order valence-electron chi connectivity index (χ2n) is 4.58. The summed E-state index contributed by atoms with van der Waals surface area (Å²) in [5.74, 6) is 0.750. The Balaban J connectivity index is 1.90. The van der Waals surface area contributed by atoms with E-state index in [1.54, 1.807) is 23.9 Å². The van der Waals surface area contributed by atoms with Crippen LogP contribution in [0.3, 0.4) is 0 Å². The van der Waals surface area contributed by atoms with Gasteiger partial charge in [0.2, 0.25) is 0 Å². The predicted molar refractivity (Wildman–Crippen MR) is 92.8 cm³/mol. The molecule has 0 fully saturated rings. The molecule has 1 nitrogen and oxygen atoms in total. The second kappa shape index (κ2) is 8.00. The lowest BCUT2D eigenvalue weighted by Crippen LogP contribution is -2.30. The van der Waals surface area contributed by atoms with Crippen molar-refractivity contribution in [1.82, 2.24) is 5.32 Å². The average molecular weight is 401 g/mol. The van der Waals surface area contributed by atoms with E-state index in [1.807, 2.05) is 13.1 Å². The van der Waals surface area contributed by atoms with Gasteiger partial charge in [0.05, 0.1) is 0 Å². The minimum absolute atomic E-state index is 0.173. The van der Waals surface area contributed by atoms with Crippen molar-refractivity contribution in [2.45, 2.75) is 17.4 Å². The molecule has 0 aliphatic rings. The summed E-state index contributed by atoms with van der Waals surface area (Å²) in [7, 11) is 1.98. The first kappa shape index (κ1) is 15.8. The summed E-state index contributed by atoms with van der Waals surface area (Å²) in [4.78, 5) is 0.980. The monoisotopic (exact) mass is 401 g/mol. The normalized spacial score (nSPS) is 12.3. The van der Waals surface area contributed by atoms with Crippen molar-refractivity contribution in [3.8, 4) is 0 Å². The van der Waals surface area contributed by atoms with Crippen molar-refractivity contribution in [3.63, 3.8) is 0 Å². The van der Waals surface area contributed by atoms with Crippen LogP contribution in [0.5, 0.6) is 0 Å². The molecule has 20 heavy (non-hydrogen) atoms. The van der Waals surface area contributed by atoms with Crippen molar-refractivity contribution >= 4 is 34.4 Å². The van der Waals surface area contributed by atoms with Crippen LogP contribution in [0.15, 0.2) is 53.4 Å². The molecule has 2 rings (SSSR count). The van der Waals surface area contributed by atoms with Gasteiger partial charge in [0.15, 0.2) is 0 Å². The molecule has 0 aromatic heterocycles. The van der Waals surface area contributed by atoms with Crippen LogP contribution < -0.4 is 5.32 Å². The van der Waals surface area contributed by atoms with Gasteiger partial charge in [-0.05, 0) is 72.0 Å². The first-order chi connectivity index (χ1) is 9.67. The van der Waals surface area contributed by atoms with E-state index in [0.29, 0.717) is 6.04 Å². The number of benzene rings is 2. The van der Waals surface area contributed by atoms with E-state index in [0.717, 1.165) is 17.1 Å². The molecule has 0 bridgehead atoms. The van der Waals surface area contributed by atoms with E-state index < -0.39 is 0 Å². The summed E-state index contributed by atoms with van der Waals surface area (Å²) in [5.41, 5.74) is 1.32. The maximum atomic E-state index is 13.1. The lowest BCUT2D eigenvalue weighted by Gasteiger charge is -2.16. The highest BCUT2D eigenvalue weighted by molar-refractivity contribution is 14.1. The van der Waals surface area contributed by atoms with Crippen LogP contribution in [-0.4, -0.2) is 18.8 Å². The first-order valence-corrected chi connectivity index (χ1v) is 8.54. The van der Waals surface area contributed by atoms with Gasteiger partial charge in [-0.2, -0.15) is 0 Å². The van der Waals surface area contributed by atoms with Gasteiger partial charge >= 0.3 is 0 Å². The molecule has 0 aliphatic carbocycles. The lowest BCUT2D eigenvalue weighted by atomic mass is 10.1. The van der Waals surface area contributed by atoms with Crippen LogP contribution in [0.4, 0.5) is 4.39 Å². The van der Waals surface area contributed by atoms with E-state index in [1.165, 1.54) is 15.2 Å². The highest BCUT2D eigenvalue weighted by Gasteiger charge is 2.08. The van der Waals surface area contributed by atoms with Gasteiger partial charge in [-0.15, -0.1) is 11.8 Å². The van der Waals surface area contributed by atoms with Crippen molar-refractivity contribution in [2.75, 3.05) is 12.8 Å². The quantitative estimate of drug-likeness (QED) is 0.571. The van der Waals surface area contributed by atoms with Crippen LogP contribution in [0.2, 0.25) is 0 Å². The van der Waals surface area contributed by atoms with Crippen LogP contribution in [0.25, 0.3) is 0 Å². The predicted octanol–water partition coefficient (Wildman–Crippen LogP) is 4.35. The number of nitrogens with one attached hydrogen (secondary N) is 1. The number of thioether (sulfide) groups is 1. The maximum absolute atomic E-state index is 13.1. The van der Waals surface area contributed by atoms with E-state index in [9.17, 15) is 4.39 Å². The summed E-state index contributed by atoms with van der Waals surface area (Å²) >= 11 is 4.00. The Bertz CT molecular complexity index is 544. The van der Waals surface area contributed by atoms with Crippen LogP contribution in [-0.2, 0) is 6.42 Å². The SMILES string of the molecule is CNC(CSc1cccc(F)c1)Cc1ccc(I)cc1. The van der Waals surface area contributed by atoms with Gasteiger partial charge < -0.3 is 5.32 Å². The Morgan fingerprint density at radius 2 is 1.95 bits per heavy atom. The molecule has 2 aromatic carbocycles. The highest BCUT2D eigenvalue weighted by atomic mass is 127. The fourth-order valence-electron chi connectivity index (χ4n) is 1.90. The van der Waals surface area contributed by atoms with E-state index in [2.05, 4.69) is 52.2 Å². The molecular formula is C16H17FINS. The van der Waals surface area contributed by atoms with Gasteiger partial charge in [0.25, 0.3) is 0 Å². The second-order valence-corrected chi connectivity index (χ2v) is 6.92. The van der Waals surface area contributed by atoms with Crippen LogP contribution in [0.1, 0.15) is 5.56 Å². The molecular weight excluding hydrogens is 384 g/mol. The Morgan fingerprint density at radius 3 is 2.60 bits per heavy atom. The number of hydrogen-bond donors (Lipinski definition) is 1. The fourth-order valence-corrected chi connectivity index (χ4v) is 3.31. The number of hydrogen-bond acceptors (Lipinski definition) is 2. The molecule has 106 valence electrons. The zero-order valence-electron chi connectivity index (χ0n) is 11.3. The Hall–Kier alpha value is -0.590. The van der Waals surface area contributed by atoms with E-state index in [4.69, 9.17) is 0 Å². The number of halogens is 2. The molecule has 0 amide bonds. The zero-order valence-corrected chi connectivity index (χ0v) is 14.2. The summed E-state index contributed by atoms with van der Waals surface area (Å²) in [6.07, 6.45) is 0.982. The fraction of sp³-hybridized carbons (Fsp3) is 0.250. The molecule has 0 aliphatic heterocycles. The summed E-state index contributed by atoms with van der Waals surface area (Å²) in [5, 5.41) is 3.33. The van der Waals surface area contributed by atoms with Crippen LogP contribution >= 0.6 is 34.4 Å². The lowest BCUT2D eigenvalue weighted by molar-refractivity contribution is 0.615. The van der Waals surface area contributed by atoms with E-state index >= 15 is 0 Å². The van der Waals surface area contributed by atoms with Gasteiger partial charge in [0, 0.05) is 20.3 Å². The maximum Gasteiger partial charge on any atom is 0.124 e. The smallest absolute Gasteiger partial charge is 0.124 e. The van der Waals surface area contributed by atoms with Gasteiger partial charge in [-0.25, -0.2) is 4.39 Å². The van der Waals surface area contributed by atoms with Crippen molar-refractivity contribution in [2.24, 2.45) is 0 Å². The largest absolute Gasteiger partial charge is 0.316 e. The van der Waals surface area contributed by atoms with Gasteiger partial charge in [-0.3, -0.25) is 0 Å². The minimum atomic E-state index is -0.173. The molecule has 0 heterocycles. The van der Waals surface area contributed by atoms with Gasteiger partial charge in [-0.1, -0.05) is 18.2 Å². The summed E-state index contributed by atoms with van der Waals surface area (Å²) in [6, 6.07) is 15.7. The third-order valence-electron chi connectivity index (χ3n) is 3.05. The standard InChI is InChI=1S/C16H17FINS/c1-19-15(9-12-5-7-14(18)8-6-12)11-20-16-4-2-3-13(17)10-16/h2-8,10,15,19H,9,11H2,1H3. The van der Waals surface area contributed by atoms with Crippen LogP contribution in [0, 0.1) is 9.39 Å². The number of rotatable bonds is 6. The first-order valence-electron chi connectivity index (χ1n) is 6.47. The van der Waals surface area contributed by atoms with Crippen molar-refractivity contribution < 1.29 is 4.39 Å².